The molecule has 0 N–H and O–H groups in total. The maximum atomic E-state index is 13.0. The maximum Gasteiger partial charge on any atom is 0.343 e. The summed E-state index contributed by atoms with van der Waals surface area (Å²) in [6.07, 6.45) is 1.04. The van der Waals surface area contributed by atoms with Crippen molar-refractivity contribution in [2.75, 3.05) is 0 Å². The van der Waals surface area contributed by atoms with Gasteiger partial charge in [0.2, 0.25) is 0 Å². The number of nitro groups is 1. The van der Waals surface area contributed by atoms with Gasteiger partial charge in [0.25, 0.3) is 5.69 Å². The van der Waals surface area contributed by atoms with Crippen LogP contribution < -0.4 is 5.63 Å². The lowest BCUT2D eigenvalue weighted by molar-refractivity contribution is -0.383. The summed E-state index contributed by atoms with van der Waals surface area (Å²) in [5.41, 5.74) is -1.24. The largest absolute Gasteiger partial charge is 0.431 e. The first-order valence-electron chi connectivity index (χ1n) is 3.95. The minimum Gasteiger partial charge on any atom is -0.431 e. The van der Waals surface area contributed by atoms with Gasteiger partial charge >= 0.3 is 5.63 Å². The average Bonchev–Trinajstić information content (AvgIpc) is 2.18. The molecule has 0 unspecified atom stereocenters. The minimum absolute atomic E-state index is 0.0673. The monoisotopic (exact) mass is 209 g/mol. The third-order valence-corrected chi connectivity index (χ3v) is 1.95. The molecule has 0 aliphatic carbocycles. The molecule has 0 fully saturated rings. The van der Waals surface area contributed by atoms with Crippen molar-refractivity contribution in [2.24, 2.45) is 0 Å². The number of hydrogen-bond acceptors (Lipinski definition) is 4. The zero-order chi connectivity index (χ0) is 11.0. The van der Waals surface area contributed by atoms with Crippen molar-refractivity contribution in [1.29, 1.82) is 0 Å². The number of benzene rings is 1. The molecule has 2 rings (SSSR count). The highest BCUT2D eigenvalue weighted by Gasteiger charge is 2.15. The number of hydrogen-bond donors (Lipinski definition) is 0. The number of nitro benzene ring substituents is 1. The first-order chi connectivity index (χ1) is 7.09. The SMILES string of the molecule is O=c1occc2c([N+](=O)[O-])cc(F)cc12. The summed E-state index contributed by atoms with van der Waals surface area (Å²) in [7, 11) is 0. The van der Waals surface area contributed by atoms with Gasteiger partial charge in [-0.2, -0.15) is 0 Å². The fourth-order valence-electron chi connectivity index (χ4n) is 1.33. The van der Waals surface area contributed by atoms with E-state index < -0.39 is 22.1 Å². The van der Waals surface area contributed by atoms with Gasteiger partial charge < -0.3 is 4.42 Å². The lowest BCUT2D eigenvalue weighted by Crippen LogP contribution is -2.01. The van der Waals surface area contributed by atoms with Crippen molar-refractivity contribution in [3.8, 4) is 0 Å². The molecule has 0 spiro atoms. The lowest BCUT2D eigenvalue weighted by atomic mass is 10.1. The van der Waals surface area contributed by atoms with Crippen LogP contribution in [0.1, 0.15) is 0 Å². The van der Waals surface area contributed by atoms with Crippen molar-refractivity contribution in [3.63, 3.8) is 0 Å². The first-order valence-corrected chi connectivity index (χ1v) is 3.95. The van der Waals surface area contributed by atoms with Gasteiger partial charge in [0.1, 0.15) is 5.82 Å². The molecule has 1 heterocycles. The quantitative estimate of drug-likeness (QED) is 0.530. The molecule has 0 saturated carbocycles. The Labute approximate surface area is 81.9 Å². The van der Waals surface area contributed by atoms with E-state index >= 15 is 0 Å². The standard InChI is InChI=1S/C9H4FNO4/c10-5-3-7-6(1-2-15-9(7)12)8(4-5)11(13)14/h1-4H. The van der Waals surface area contributed by atoms with E-state index in [1.165, 1.54) is 6.07 Å². The molecule has 5 nitrogen and oxygen atoms in total. The number of nitrogens with zero attached hydrogens (tertiary/aromatic N) is 1. The highest BCUT2D eigenvalue weighted by atomic mass is 19.1. The Kier molecular flexibility index (Phi) is 1.96. The van der Waals surface area contributed by atoms with Crippen LogP contribution in [0.15, 0.2) is 33.7 Å². The van der Waals surface area contributed by atoms with E-state index in [0.29, 0.717) is 0 Å². The van der Waals surface area contributed by atoms with Gasteiger partial charge in [0.15, 0.2) is 0 Å². The van der Waals surface area contributed by atoms with E-state index in [9.17, 15) is 19.3 Å². The highest BCUT2D eigenvalue weighted by molar-refractivity contribution is 5.89. The van der Waals surface area contributed by atoms with E-state index in [1.807, 2.05) is 0 Å². The van der Waals surface area contributed by atoms with Crippen LogP contribution >= 0.6 is 0 Å². The molecule has 1 aromatic carbocycles. The summed E-state index contributed by atoms with van der Waals surface area (Å²) >= 11 is 0. The Bertz CT molecular complexity index is 605. The average molecular weight is 209 g/mol. The topological polar surface area (TPSA) is 73.3 Å². The Morgan fingerprint density at radius 3 is 2.73 bits per heavy atom. The fraction of sp³-hybridized carbons (Fsp3) is 0. The first kappa shape index (κ1) is 9.32. The van der Waals surface area contributed by atoms with E-state index in [2.05, 4.69) is 4.42 Å². The number of fused-ring (bicyclic) bond motifs is 1. The molecular weight excluding hydrogens is 205 g/mol. The number of halogens is 1. The van der Waals surface area contributed by atoms with Gasteiger partial charge in [-0.3, -0.25) is 10.1 Å². The highest BCUT2D eigenvalue weighted by Crippen LogP contribution is 2.24. The van der Waals surface area contributed by atoms with Gasteiger partial charge in [-0.1, -0.05) is 0 Å². The van der Waals surface area contributed by atoms with Crippen LogP contribution in [0.4, 0.5) is 10.1 Å². The second kappa shape index (κ2) is 3.16. The van der Waals surface area contributed by atoms with Crippen LogP contribution in [-0.2, 0) is 0 Å². The van der Waals surface area contributed by atoms with E-state index in [4.69, 9.17) is 0 Å². The molecule has 0 atom stereocenters. The van der Waals surface area contributed by atoms with E-state index in [-0.39, 0.29) is 10.8 Å². The fourth-order valence-corrected chi connectivity index (χ4v) is 1.33. The Hall–Kier alpha value is -2.24. The van der Waals surface area contributed by atoms with Gasteiger partial charge in [-0.25, -0.2) is 9.18 Å². The Morgan fingerprint density at radius 2 is 2.07 bits per heavy atom. The van der Waals surface area contributed by atoms with Crippen molar-refractivity contribution < 1.29 is 13.7 Å². The summed E-state index contributed by atoms with van der Waals surface area (Å²) in [6, 6.07) is 2.93. The van der Waals surface area contributed by atoms with Gasteiger partial charge in [0.05, 0.1) is 28.0 Å². The van der Waals surface area contributed by atoms with Crippen molar-refractivity contribution in [2.45, 2.75) is 0 Å². The second-order valence-electron chi connectivity index (χ2n) is 2.85. The van der Waals surface area contributed by atoms with Crippen LogP contribution in [0.5, 0.6) is 0 Å². The molecule has 76 valence electrons. The molecule has 0 amide bonds. The third-order valence-electron chi connectivity index (χ3n) is 1.95. The molecule has 0 aliphatic heterocycles. The summed E-state index contributed by atoms with van der Waals surface area (Å²) in [6.45, 7) is 0. The minimum atomic E-state index is -0.840. The molecule has 0 bridgehead atoms. The normalized spacial score (nSPS) is 10.5. The smallest absolute Gasteiger partial charge is 0.343 e. The van der Waals surface area contributed by atoms with Crippen LogP contribution in [0.3, 0.4) is 0 Å². The zero-order valence-electron chi connectivity index (χ0n) is 7.27. The maximum absolute atomic E-state index is 13.0. The van der Waals surface area contributed by atoms with Crippen molar-refractivity contribution >= 4 is 16.5 Å². The summed E-state index contributed by atoms with van der Waals surface area (Å²) in [4.78, 5) is 21.0. The van der Waals surface area contributed by atoms with Crippen molar-refractivity contribution in [3.05, 3.63) is 50.8 Å². The third kappa shape index (κ3) is 1.45. The lowest BCUT2D eigenvalue weighted by Gasteiger charge is -1.97. The molecule has 2 aromatic rings. The van der Waals surface area contributed by atoms with E-state index in [1.54, 1.807) is 0 Å². The van der Waals surface area contributed by atoms with Crippen LogP contribution in [-0.4, -0.2) is 4.92 Å². The number of rotatable bonds is 1. The van der Waals surface area contributed by atoms with Crippen LogP contribution in [0.25, 0.3) is 10.8 Å². The predicted molar refractivity (Wildman–Crippen MR) is 49.1 cm³/mol. The molecule has 0 radical (unpaired) electrons. The zero-order valence-corrected chi connectivity index (χ0v) is 7.27. The molecule has 0 aliphatic rings. The second-order valence-corrected chi connectivity index (χ2v) is 2.85. The summed E-state index contributed by atoms with van der Waals surface area (Å²) in [5, 5.41) is 10.5. The summed E-state index contributed by atoms with van der Waals surface area (Å²) < 4.78 is 17.4. The van der Waals surface area contributed by atoms with Crippen molar-refractivity contribution in [1.82, 2.24) is 0 Å². The molecular formula is C9H4FNO4. The predicted octanol–water partition coefficient (Wildman–Crippen LogP) is 1.84. The Balaban J connectivity index is 2.99. The molecule has 1 aromatic heterocycles. The van der Waals surface area contributed by atoms with Gasteiger partial charge in [0, 0.05) is 0 Å². The number of non-ortho nitro benzene ring substituents is 1. The Morgan fingerprint density at radius 1 is 1.33 bits per heavy atom. The van der Waals surface area contributed by atoms with Crippen LogP contribution in [0, 0.1) is 15.9 Å². The molecule has 0 saturated heterocycles. The molecule has 6 heteroatoms. The van der Waals surface area contributed by atoms with Gasteiger partial charge in [-0.05, 0) is 12.1 Å². The van der Waals surface area contributed by atoms with E-state index in [0.717, 1.165) is 18.4 Å². The summed E-state index contributed by atoms with van der Waals surface area (Å²) in [5.74, 6) is -0.840. The van der Waals surface area contributed by atoms with Gasteiger partial charge in [-0.15, -0.1) is 0 Å². The van der Waals surface area contributed by atoms with Crippen LogP contribution in [0.2, 0.25) is 0 Å². The molecule has 15 heavy (non-hydrogen) atoms.